The third-order valence-corrected chi connectivity index (χ3v) is 11.3. The van der Waals surface area contributed by atoms with Crippen molar-refractivity contribution in [2.75, 3.05) is 0 Å². The van der Waals surface area contributed by atoms with E-state index < -0.39 is 0 Å². The molecule has 0 fully saturated rings. The third kappa shape index (κ3) is 10.0. The smallest absolute Gasteiger partial charge is 0.224 e. The van der Waals surface area contributed by atoms with Crippen LogP contribution in [0.25, 0.3) is 12.2 Å². The molecule has 0 bridgehead atoms. The van der Waals surface area contributed by atoms with Crippen molar-refractivity contribution < 1.29 is 9.59 Å². The van der Waals surface area contributed by atoms with Crippen molar-refractivity contribution >= 4 is 69.4 Å². The Kier molecular flexibility index (Phi) is 15.0. The molecule has 4 heterocycles. The number of nitrogens with zero attached hydrogens (tertiary/aromatic N) is 2. The zero-order chi connectivity index (χ0) is 39.6. The number of rotatable bonds is 12. The summed E-state index contributed by atoms with van der Waals surface area (Å²) in [4.78, 5) is 43.2. The van der Waals surface area contributed by atoms with E-state index in [9.17, 15) is 9.59 Å². The Hall–Kier alpha value is -4.80. The molecule has 2 aromatic heterocycles. The maximum Gasteiger partial charge on any atom is 0.224 e. The van der Waals surface area contributed by atoms with Crippen molar-refractivity contribution in [3.05, 3.63) is 151 Å². The Labute approximate surface area is 358 Å². The molecule has 57 heavy (non-hydrogen) atoms. The van der Waals surface area contributed by atoms with E-state index in [-0.39, 0.29) is 57.9 Å². The van der Waals surface area contributed by atoms with Gasteiger partial charge in [-0.05, 0) is 137 Å². The number of aryl methyl sites for hydroxylation is 2. The molecular formula is C47H56Br2N6O2. The van der Waals surface area contributed by atoms with Crippen LogP contribution in [0.4, 0.5) is 0 Å². The van der Waals surface area contributed by atoms with Gasteiger partial charge in [-0.3, -0.25) is 19.6 Å². The van der Waals surface area contributed by atoms with E-state index >= 15 is 0 Å². The summed E-state index contributed by atoms with van der Waals surface area (Å²) in [6, 6.07) is 19.9. The summed E-state index contributed by atoms with van der Waals surface area (Å²) in [6.45, 7) is 20.7. The second-order valence-corrected chi connectivity index (χ2v) is 15.1. The van der Waals surface area contributed by atoms with Crippen LogP contribution in [-0.4, -0.2) is 33.2 Å². The third-order valence-electron chi connectivity index (χ3n) is 11.3. The van der Waals surface area contributed by atoms with E-state index in [2.05, 4.69) is 74.3 Å². The quantitative estimate of drug-likeness (QED) is 0.113. The maximum atomic E-state index is 13.1. The van der Waals surface area contributed by atoms with E-state index in [1.807, 2.05) is 88.4 Å². The molecule has 0 radical (unpaired) electrons. The Morgan fingerprint density at radius 3 is 1.30 bits per heavy atom. The molecule has 2 aliphatic heterocycles. The number of halogens is 2. The number of allylic oxidation sites excluding steroid dienone is 4. The molecule has 8 nitrogen and oxygen atoms in total. The van der Waals surface area contributed by atoms with Crippen LogP contribution in [0.2, 0.25) is 0 Å². The Bertz CT molecular complexity index is 2170. The number of aromatic amines is 2. The minimum Gasteiger partial charge on any atom is -0.359 e. The summed E-state index contributed by atoms with van der Waals surface area (Å²) in [5.41, 5.74) is 18.8. The fraction of sp³-hybridized carbons (Fsp3) is 0.319. The summed E-state index contributed by atoms with van der Waals surface area (Å²) in [6.07, 6.45) is 5.58. The fourth-order valence-corrected chi connectivity index (χ4v) is 7.77. The number of hydrogen-bond donors (Lipinski definition) is 4. The number of benzene rings is 2. The molecule has 0 saturated heterocycles. The predicted molar refractivity (Wildman–Crippen MR) is 247 cm³/mol. The molecule has 300 valence electrons. The molecule has 2 aromatic carbocycles. The summed E-state index contributed by atoms with van der Waals surface area (Å²) < 4.78 is 0. The average molecular weight is 897 g/mol. The standard InChI is InChI=1S/C47H54N6O2.2BrH/c1-26-38(32(7)48-42(26)24-44-28(3)40(34(9)50-44)22-46(54)52-30(5)36-17-13-11-14-18-36)21-39-27(2)43(49-33(39)8)25-45-29(4)41(35(10)51-45)23-47(55)53-31(6)37-19-15-12-16-20-37;;/h11-20,24-25,30-31,50-51H,21-23H2,1-10H3,(H,52,54)(H,53,55);2*1H/b42-24-,43-25-;;/t30-,31-;;/m1../s1. The number of carbonyl (C=O) groups excluding carboxylic acids is 2. The highest BCUT2D eigenvalue weighted by Crippen LogP contribution is 2.37. The van der Waals surface area contributed by atoms with E-state index in [0.29, 0.717) is 12.8 Å². The highest BCUT2D eigenvalue weighted by Gasteiger charge is 2.26. The van der Waals surface area contributed by atoms with Gasteiger partial charge >= 0.3 is 0 Å². The average Bonchev–Trinajstić information content (AvgIpc) is 3.78. The molecule has 6 rings (SSSR count). The topological polar surface area (TPSA) is 114 Å². The van der Waals surface area contributed by atoms with Crippen LogP contribution in [-0.2, 0) is 22.4 Å². The zero-order valence-corrected chi connectivity index (χ0v) is 38.2. The second-order valence-electron chi connectivity index (χ2n) is 15.1. The first-order chi connectivity index (χ1) is 26.2. The second kappa shape index (κ2) is 19.1. The van der Waals surface area contributed by atoms with E-state index in [4.69, 9.17) is 9.98 Å². The van der Waals surface area contributed by atoms with Gasteiger partial charge < -0.3 is 20.6 Å². The minimum absolute atomic E-state index is 0. The van der Waals surface area contributed by atoms with Gasteiger partial charge in [0.05, 0.1) is 36.3 Å². The molecule has 0 spiro atoms. The first-order valence-corrected chi connectivity index (χ1v) is 19.2. The molecule has 10 heteroatoms. The predicted octanol–water partition coefficient (Wildman–Crippen LogP) is 10.9. The lowest BCUT2D eigenvalue weighted by Gasteiger charge is -2.14. The van der Waals surface area contributed by atoms with Gasteiger partial charge in [-0.25, -0.2) is 0 Å². The lowest BCUT2D eigenvalue weighted by Crippen LogP contribution is -2.28. The van der Waals surface area contributed by atoms with Crippen LogP contribution < -0.4 is 10.6 Å². The number of amides is 2. The van der Waals surface area contributed by atoms with Crippen molar-refractivity contribution in [2.24, 2.45) is 9.98 Å². The molecular weight excluding hydrogens is 840 g/mol. The van der Waals surface area contributed by atoms with Crippen molar-refractivity contribution in [2.45, 2.75) is 101 Å². The first kappa shape index (κ1) is 44.9. The van der Waals surface area contributed by atoms with Crippen LogP contribution in [0.3, 0.4) is 0 Å². The molecule has 4 N–H and O–H groups in total. The van der Waals surface area contributed by atoms with E-state index in [1.165, 1.54) is 11.1 Å². The highest BCUT2D eigenvalue weighted by atomic mass is 79.9. The van der Waals surface area contributed by atoms with Crippen molar-refractivity contribution in [1.29, 1.82) is 0 Å². The molecule has 4 aromatic rings. The summed E-state index contributed by atoms with van der Waals surface area (Å²) in [5, 5.41) is 6.30. The van der Waals surface area contributed by atoms with Crippen LogP contribution in [0.5, 0.6) is 0 Å². The Balaban J connectivity index is 0.00000360. The number of hydrogen-bond acceptors (Lipinski definition) is 4. The summed E-state index contributed by atoms with van der Waals surface area (Å²) in [7, 11) is 0. The normalized spacial score (nSPS) is 16.3. The monoisotopic (exact) mass is 894 g/mol. The first-order valence-electron chi connectivity index (χ1n) is 19.2. The molecule has 2 atom stereocenters. The van der Waals surface area contributed by atoms with E-state index in [0.717, 1.165) is 96.5 Å². The zero-order valence-electron chi connectivity index (χ0n) is 34.7. The largest absolute Gasteiger partial charge is 0.359 e. The van der Waals surface area contributed by atoms with E-state index in [1.54, 1.807) is 0 Å². The number of H-pyrrole nitrogens is 2. The molecule has 0 aliphatic carbocycles. The lowest BCUT2D eigenvalue weighted by atomic mass is 9.93. The van der Waals surface area contributed by atoms with Gasteiger partial charge in [0.2, 0.25) is 11.8 Å². The van der Waals surface area contributed by atoms with Gasteiger partial charge in [0.1, 0.15) is 0 Å². The number of carbonyl (C=O) groups is 2. The minimum atomic E-state index is -0.0651. The number of aromatic nitrogens is 2. The SMILES string of the molecule is Br.Br.CC1=N/C(=C\c2[nH]c(C)c(CC(=O)N[C@H](C)c3ccccc3)c2C)C(C)=C1CC1=C(C)/C(=C/c2[nH]c(C)c(CC(=O)N[C@H](C)c3ccccc3)c2C)N=C1C. The van der Waals surface area contributed by atoms with Crippen molar-refractivity contribution in [1.82, 2.24) is 20.6 Å². The van der Waals surface area contributed by atoms with Crippen molar-refractivity contribution in [3.63, 3.8) is 0 Å². The number of aliphatic imine (C=N–C) groups is 2. The van der Waals surface area contributed by atoms with Crippen LogP contribution in [0.1, 0.15) is 116 Å². The van der Waals surface area contributed by atoms with Gasteiger partial charge in [-0.1, -0.05) is 60.7 Å². The maximum absolute atomic E-state index is 13.1. The van der Waals surface area contributed by atoms with Gasteiger partial charge in [0.15, 0.2) is 0 Å². The van der Waals surface area contributed by atoms with Gasteiger partial charge in [-0.15, -0.1) is 34.0 Å². The Morgan fingerprint density at radius 2 is 0.947 bits per heavy atom. The number of nitrogens with one attached hydrogen (secondary N) is 4. The summed E-state index contributed by atoms with van der Waals surface area (Å²) in [5.74, 6) is -0.00350. The van der Waals surface area contributed by atoms with Gasteiger partial charge in [-0.2, -0.15) is 0 Å². The van der Waals surface area contributed by atoms with Crippen LogP contribution in [0, 0.1) is 27.7 Å². The van der Waals surface area contributed by atoms with Crippen LogP contribution >= 0.6 is 34.0 Å². The highest BCUT2D eigenvalue weighted by molar-refractivity contribution is 8.93. The molecule has 2 amide bonds. The Morgan fingerprint density at radius 1 is 0.596 bits per heavy atom. The molecule has 0 saturated carbocycles. The van der Waals surface area contributed by atoms with Crippen molar-refractivity contribution in [3.8, 4) is 0 Å². The molecule has 0 unspecified atom stereocenters. The lowest BCUT2D eigenvalue weighted by molar-refractivity contribution is -0.122. The van der Waals surface area contributed by atoms with Gasteiger partial charge in [0, 0.05) is 40.6 Å². The van der Waals surface area contributed by atoms with Gasteiger partial charge in [0.25, 0.3) is 0 Å². The molecule has 2 aliphatic rings. The summed E-state index contributed by atoms with van der Waals surface area (Å²) >= 11 is 0. The van der Waals surface area contributed by atoms with Crippen LogP contribution in [0.15, 0.2) is 104 Å². The fourth-order valence-electron chi connectivity index (χ4n) is 7.77.